The predicted octanol–water partition coefficient (Wildman–Crippen LogP) is 4.67. The second-order valence-corrected chi connectivity index (χ2v) is 7.34. The summed E-state index contributed by atoms with van der Waals surface area (Å²) in [6.07, 6.45) is 2.59. The van der Waals surface area contributed by atoms with E-state index in [9.17, 15) is 0 Å². The van der Waals surface area contributed by atoms with E-state index in [1.165, 1.54) is 5.56 Å². The van der Waals surface area contributed by atoms with E-state index in [1.807, 2.05) is 53.5 Å². The van der Waals surface area contributed by atoms with Gasteiger partial charge in [-0.05, 0) is 55.3 Å². The summed E-state index contributed by atoms with van der Waals surface area (Å²) in [4.78, 5) is 4.51. The van der Waals surface area contributed by atoms with Crippen LogP contribution < -0.4 is 14.5 Å². The van der Waals surface area contributed by atoms with Crippen LogP contribution in [0.25, 0.3) is 0 Å². The van der Waals surface area contributed by atoms with Crippen molar-refractivity contribution in [1.82, 2.24) is 4.98 Å². The summed E-state index contributed by atoms with van der Waals surface area (Å²) in [6, 6.07) is 17.8. The lowest BCUT2D eigenvalue weighted by Gasteiger charge is -2.24. The highest BCUT2D eigenvalue weighted by atomic mass is 35.5. The molecular formula is C22H18ClN3O2. The number of hydrogen-bond acceptors (Lipinski definition) is 5. The fourth-order valence-corrected chi connectivity index (χ4v) is 3.75. The van der Waals surface area contributed by atoms with Crippen molar-refractivity contribution in [2.75, 3.05) is 11.8 Å². The number of fused-ring (bicyclic) bond motifs is 2. The van der Waals surface area contributed by atoms with Crippen molar-refractivity contribution in [3.05, 3.63) is 82.5 Å². The van der Waals surface area contributed by atoms with Crippen molar-refractivity contribution in [2.45, 2.75) is 19.4 Å². The molecule has 0 N–H and O–H groups in total. The van der Waals surface area contributed by atoms with Gasteiger partial charge in [0.1, 0.15) is 5.82 Å². The van der Waals surface area contributed by atoms with Crippen LogP contribution in [0.15, 0.2) is 65.9 Å². The van der Waals surface area contributed by atoms with Crippen LogP contribution in [-0.2, 0) is 6.42 Å². The standard InChI is InChI=1S/C22H18ClN3O2/c1-14-10-16-11-19-20(28-13-27-19)12-18(16)22(15-5-7-17(23)8-6-15)25-26(14)21-4-2-3-9-24-21/h2-9,11-12,14H,10,13H2,1H3/t14-/m1/s1. The van der Waals surface area contributed by atoms with Gasteiger partial charge in [0, 0.05) is 22.3 Å². The number of anilines is 1. The molecule has 2 aliphatic heterocycles. The highest BCUT2D eigenvalue weighted by Crippen LogP contribution is 2.38. The molecule has 6 heteroatoms. The van der Waals surface area contributed by atoms with Crippen LogP contribution in [0.5, 0.6) is 11.5 Å². The van der Waals surface area contributed by atoms with Crippen LogP contribution in [0.2, 0.25) is 5.02 Å². The van der Waals surface area contributed by atoms with Crippen molar-refractivity contribution in [3.8, 4) is 11.5 Å². The van der Waals surface area contributed by atoms with Crippen LogP contribution in [0, 0.1) is 0 Å². The van der Waals surface area contributed by atoms with E-state index in [2.05, 4.69) is 18.0 Å². The van der Waals surface area contributed by atoms with Gasteiger partial charge in [0.2, 0.25) is 6.79 Å². The van der Waals surface area contributed by atoms with E-state index in [4.69, 9.17) is 26.2 Å². The second kappa shape index (κ2) is 6.84. The highest BCUT2D eigenvalue weighted by Gasteiger charge is 2.28. The third-order valence-corrected chi connectivity index (χ3v) is 5.25. The van der Waals surface area contributed by atoms with Crippen LogP contribution >= 0.6 is 11.6 Å². The second-order valence-electron chi connectivity index (χ2n) is 6.90. The molecule has 0 fully saturated rings. The Hall–Kier alpha value is -3.05. The Bertz CT molecular complexity index is 1050. The number of pyridine rings is 1. The van der Waals surface area contributed by atoms with Gasteiger partial charge in [-0.1, -0.05) is 29.8 Å². The molecule has 2 aromatic carbocycles. The Morgan fingerprint density at radius 3 is 2.57 bits per heavy atom. The predicted molar refractivity (Wildman–Crippen MR) is 110 cm³/mol. The summed E-state index contributed by atoms with van der Waals surface area (Å²) in [5.41, 5.74) is 4.06. The van der Waals surface area contributed by atoms with E-state index >= 15 is 0 Å². The molecule has 0 saturated carbocycles. The molecule has 2 aliphatic rings. The Kier molecular flexibility index (Phi) is 4.17. The quantitative estimate of drug-likeness (QED) is 0.637. The zero-order chi connectivity index (χ0) is 19.1. The minimum Gasteiger partial charge on any atom is -0.454 e. The molecule has 5 rings (SSSR count). The first-order chi connectivity index (χ1) is 13.7. The zero-order valence-electron chi connectivity index (χ0n) is 15.3. The minimum absolute atomic E-state index is 0.124. The average molecular weight is 392 g/mol. The lowest BCUT2D eigenvalue weighted by atomic mass is 9.94. The number of hydrazone groups is 1. The van der Waals surface area contributed by atoms with Crippen molar-refractivity contribution < 1.29 is 9.47 Å². The van der Waals surface area contributed by atoms with Gasteiger partial charge in [-0.15, -0.1) is 0 Å². The summed E-state index contributed by atoms with van der Waals surface area (Å²) in [7, 11) is 0. The number of benzene rings is 2. The Labute approximate surface area is 168 Å². The molecule has 5 nitrogen and oxygen atoms in total. The number of nitrogens with zero attached hydrogens (tertiary/aromatic N) is 3. The fraction of sp³-hybridized carbons (Fsp3) is 0.182. The summed E-state index contributed by atoms with van der Waals surface area (Å²) < 4.78 is 11.2. The van der Waals surface area contributed by atoms with Gasteiger partial charge in [-0.3, -0.25) is 0 Å². The highest BCUT2D eigenvalue weighted by molar-refractivity contribution is 6.30. The first-order valence-electron chi connectivity index (χ1n) is 9.17. The molecule has 1 aromatic heterocycles. The summed E-state index contributed by atoms with van der Waals surface area (Å²) in [6.45, 7) is 2.40. The third-order valence-electron chi connectivity index (χ3n) is 5.00. The van der Waals surface area contributed by atoms with Gasteiger partial charge in [0.05, 0.1) is 11.8 Å². The van der Waals surface area contributed by atoms with Crippen molar-refractivity contribution in [2.24, 2.45) is 5.10 Å². The molecular weight excluding hydrogens is 374 g/mol. The van der Waals surface area contributed by atoms with Gasteiger partial charge in [-0.2, -0.15) is 5.10 Å². The van der Waals surface area contributed by atoms with Crippen LogP contribution in [0.4, 0.5) is 5.82 Å². The summed E-state index contributed by atoms with van der Waals surface area (Å²) in [5, 5.41) is 7.72. The molecule has 3 heterocycles. The average Bonchev–Trinajstić information content (AvgIpc) is 3.11. The number of rotatable bonds is 2. The zero-order valence-corrected chi connectivity index (χ0v) is 16.1. The lowest BCUT2D eigenvalue weighted by molar-refractivity contribution is 0.174. The summed E-state index contributed by atoms with van der Waals surface area (Å²) in [5.74, 6) is 2.35. The van der Waals surface area contributed by atoms with E-state index in [0.29, 0.717) is 5.02 Å². The van der Waals surface area contributed by atoms with Gasteiger partial charge in [-0.25, -0.2) is 9.99 Å². The molecule has 0 unspecified atom stereocenters. The van der Waals surface area contributed by atoms with E-state index in [0.717, 1.165) is 40.6 Å². The van der Waals surface area contributed by atoms with Gasteiger partial charge in [0.15, 0.2) is 11.5 Å². The maximum absolute atomic E-state index is 6.11. The number of hydrogen-bond donors (Lipinski definition) is 0. The topological polar surface area (TPSA) is 47.0 Å². The van der Waals surface area contributed by atoms with Crippen molar-refractivity contribution in [1.29, 1.82) is 0 Å². The summed E-state index contributed by atoms with van der Waals surface area (Å²) >= 11 is 6.11. The number of aromatic nitrogens is 1. The number of ether oxygens (including phenoxy) is 2. The van der Waals surface area contributed by atoms with Gasteiger partial charge < -0.3 is 9.47 Å². The molecule has 0 saturated heterocycles. The molecule has 0 aliphatic carbocycles. The largest absolute Gasteiger partial charge is 0.454 e. The normalized spacial score (nSPS) is 17.7. The molecule has 0 radical (unpaired) electrons. The maximum atomic E-state index is 6.11. The molecule has 140 valence electrons. The Morgan fingerprint density at radius 2 is 1.82 bits per heavy atom. The molecule has 3 aromatic rings. The smallest absolute Gasteiger partial charge is 0.231 e. The Balaban J connectivity index is 1.71. The van der Waals surface area contributed by atoms with Crippen LogP contribution in [0.3, 0.4) is 0 Å². The van der Waals surface area contributed by atoms with E-state index < -0.39 is 0 Å². The van der Waals surface area contributed by atoms with Gasteiger partial charge in [0.25, 0.3) is 0 Å². The maximum Gasteiger partial charge on any atom is 0.231 e. The minimum atomic E-state index is 0.124. The lowest BCUT2D eigenvalue weighted by Crippen LogP contribution is -2.30. The van der Waals surface area contributed by atoms with E-state index in [-0.39, 0.29) is 12.8 Å². The molecule has 0 amide bonds. The first-order valence-corrected chi connectivity index (χ1v) is 9.54. The Morgan fingerprint density at radius 1 is 1.04 bits per heavy atom. The van der Waals surface area contributed by atoms with E-state index in [1.54, 1.807) is 6.20 Å². The molecule has 0 spiro atoms. The third kappa shape index (κ3) is 2.98. The number of halogens is 1. The monoisotopic (exact) mass is 391 g/mol. The van der Waals surface area contributed by atoms with Gasteiger partial charge >= 0.3 is 0 Å². The van der Waals surface area contributed by atoms with Crippen molar-refractivity contribution >= 4 is 23.1 Å². The first kappa shape index (κ1) is 17.1. The SMILES string of the molecule is C[C@@H]1Cc2cc3c(cc2C(c2ccc(Cl)cc2)=NN1c1ccccn1)OCO3. The van der Waals surface area contributed by atoms with Crippen molar-refractivity contribution in [3.63, 3.8) is 0 Å². The van der Waals surface area contributed by atoms with Crippen LogP contribution in [0.1, 0.15) is 23.6 Å². The fourth-order valence-electron chi connectivity index (χ4n) is 3.63. The molecule has 1 atom stereocenters. The molecule has 28 heavy (non-hydrogen) atoms. The molecule has 0 bridgehead atoms. The van der Waals surface area contributed by atoms with Crippen LogP contribution in [-0.4, -0.2) is 23.5 Å².